The highest BCUT2D eigenvalue weighted by molar-refractivity contribution is 5.81. The first-order valence-electron chi connectivity index (χ1n) is 11.6. The molecule has 0 spiro atoms. The topological polar surface area (TPSA) is 99.5 Å². The highest BCUT2D eigenvalue weighted by Gasteiger charge is 2.49. The van der Waals surface area contributed by atoms with Crippen molar-refractivity contribution in [3.8, 4) is 23.3 Å². The summed E-state index contributed by atoms with van der Waals surface area (Å²) in [6, 6.07) is 9.74. The summed E-state index contributed by atoms with van der Waals surface area (Å²) in [5.74, 6) is 5.41. The van der Waals surface area contributed by atoms with Crippen molar-refractivity contribution in [1.82, 2.24) is 4.90 Å². The van der Waals surface area contributed by atoms with Gasteiger partial charge in [0, 0.05) is 30.0 Å². The number of ether oxygens (including phenoxy) is 2. The molecule has 4 unspecified atom stereocenters. The lowest BCUT2D eigenvalue weighted by Crippen LogP contribution is -2.42. The summed E-state index contributed by atoms with van der Waals surface area (Å²) >= 11 is 0. The Morgan fingerprint density at radius 1 is 1.19 bits per heavy atom. The van der Waals surface area contributed by atoms with E-state index in [4.69, 9.17) is 14.6 Å². The van der Waals surface area contributed by atoms with Gasteiger partial charge in [0.25, 0.3) is 5.91 Å². The standard InChI is InChI=1S/C27H30F3NO6/c1-17(33)26(2)16-31(25(35)22(34)15-32)14-21(26)19-8-11-23(36-3)24(13-19)37-12-4-5-18-6-9-20(10-7-18)27(28,29)30/h6-11,13,17,21-22,32-34H,12,14-16H2,1-3H3. The molecule has 1 aliphatic rings. The van der Waals surface area contributed by atoms with Crippen LogP contribution in [0, 0.1) is 17.3 Å². The summed E-state index contributed by atoms with van der Waals surface area (Å²) in [6.45, 7) is 3.14. The third-order valence-corrected chi connectivity index (χ3v) is 6.79. The van der Waals surface area contributed by atoms with Crippen LogP contribution in [0.15, 0.2) is 42.5 Å². The molecule has 200 valence electrons. The Balaban J connectivity index is 1.79. The van der Waals surface area contributed by atoms with Gasteiger partial charge in [-0.3, -0.25) is 4.79 Å². The maximum absolute atomic E-state index is 12.7. The average molecular weight is 522 g/mol. The molecule has 7 nitrogen and oxygen atoms in total. The van der Waals surface area contributed by atoms with Crippen molar-refractivity contribution in [2.24, 2.45) is 5.41 Å². The summed E-state index contributed by atoms with van der Waals surface area (Å²) < 4.78 is 49.3. The minimum absolute atomic E-state index is 0.0630. The Kier molecular flexibility index (Phi) is 8.74. The number of aliphatic hydroxyl groups excluding tert-OH is 3. The molecular weight excluding hydrogens is 491 g/mol. The lowest BCUT2D eigenvalue weighted by molar-refractivity contribution is -0.141. The van der Waals surface area contributed by atoms with Gasteiger partial charge in [0.05, 0.1) is 25.4 Å². The van der Waals surface area contributed by atoms with Crippen molar-refractivity contribution < 1.29 is 42.8 Å². The summed E-state index contributed by atoms with van der Waals surface area (Å²) in [7, 11) is 1.47. The van der Waals surface area contributed by atoms with E-state index in [0.717, 1.165) is 17.7 Å². The molecule has 1 amide bonds. The highest BCUT2D eigenvalue weighted by atomic mass is 19.4. The summed E-state index contributed by atoms with van der Waals surface area (Å²) in [6.07, 6.45) is -6.74. The van der Waals surface area contributed by atoms with Crippen molar-refractivity contribution in [3.05, 3.63) is 59.2 Å². The monoisotopic (exact) mass is 521 g/mol. The summed E-state index contributed by atoms with van der Waals surface area (Å²) in [5.41, 5.74) is -0.313. The Morgan fingerprint density at radius 3 is 2.43 bits per heavy atom. The van der Waals surface area contributed by atoms with Crippen LogP contribution >= 0.6 is 0 Å². The molecule has 37 heavy (non-hydrogen) atoms. The van der Waals surface area contributed by atoms with Crippen LogP contribution in [-0.4, -0.2) is 71.7 Å². The number of methoxy groups -OCH3 is 1. The van der Waals surface area contributed by atoms with E-state index in [1.165, 1.54) is 24.1 Å². The Bertz CT molecular complexity index is 1160. The molecule has 1 fully saturated rings. The second-order valence-electron chi connectivity index (χ2n) is 9.23. The predicted molar refractivity (Wildman–Crippen MR) is 129 cm³/mol. The van der Waals surface area contributed by atoms with E-state index < -0.39 is 41.9 Å². The SMILES string of the molecule is COc1ccc(C2CN(C(=O)C(O)CO)CC2(C)C(C)O)cc1OCC#Cc1ccc(C(F)(F)F)cc1. The van der Waals surface area contributed by atoms with Gasteiger partial charge in [0.2, 0.25) is 0 Å². The molecule has 4 atom stereocenters. The zero-order valence-corrected chi connectivity index (χ0v) is 20.7. The van der Waals surface area contributed by atoms with Crippen LogP contribution in [-0.2, 0) is 11.0 Å². The van der Waals surface area contributed by atoms with Gasteiger partial charge in [0.15, 0.2) is 17.6 Å². The molecule has 0 saturated carbocycles. The average Bonchev–Trinajstić information content (AvgIpc) is 3.24. The number of benzene rings is 2. The molecule has 3 rings (SSSR count). The lowest BCUT2D eigenvalue weighted by atomic mass is 9.72. The normalized spacial score (nSPS) is 21.1. The molecule has 1 saturated heterocycles. The molecular formula is C27H30F3NO6. The molecule has 1 heterocycles. The van der Waals surface area contributed by atoms with E-state index in [0.29, 0.717) is 17.1 Å². The minimum atomic E-state index is -4.41. The van der Waals surface area contributed by atoms with Gasteiger partial charge < -0.3 is 29.7 Å². The van der Waals surface area contributed by atoms with Crippen molar-refractivity contribution in [2.45, 2.75) is 38.1 Å². The van der Waals surface area contributed by atoms with Gasteiger partial charge in [-0.05, 0) is 48.9 Å². The van der Waals surface area contributed by atoms with Crippen molar-refractivity contribution >= 4 is 5.91 Å². The fourth-order valence-corrected chi connectivity index (χ4v) is 4.40. The van der Waals surface area contributed by atoms with Crippen molar-refractivity contribution in [2.75, 3.05) is 33.4 Å². The molecule has 0 radical (unpaired) electrons. The van der Waals surface area contributed by atoms with Gasteiger partial charge in [-0.2, -0.15) is 13.2 Å². The zero-order valence-electron chi connectivity index (χ0n) is 20.7. The lowest BCUT2D eigenvalue weighted by Gasteiger charge is -2.34. The molecule has 3 N–H and O–H groups in total. The number of carbonyl (C=O) groups is 1. The van der Waals surface area contributed by atoms with Crippen LogP contribution < -0.4 is 9.47 Å². The number of rotatable bonds is 7. The fourth-order valence-electron chi connectivity index (χ4n) is 4.40. The molecule has 2 aromatic carbocycles. The Labute approximate surface area is 213 Å². The van der Waals surface area contributed by atoms with E-state index in [-0.39, 0.29) is 25.6 Å². The van der Waals surface area contributed by atoms with Crippen LogP contribution in [0.3, 0.4) is 0 Å². The third-order valence-electron chi connectivity index (χ3n) is 6.79. The number of likely N-dealkylation sites (tertiary alicyclic amines) is 1. The number of aliphatic hydroxyl groups is 3. The maximum atomic E-state index is 12.7. The summed E-state index contributed by atoms with van der Waals surface area (Å²) in [4.78, 5) is 13.9. The number of carbonyl (C=O) groups excluding carboxylic acids is 1. The maximum Gasteiger partial charge on any atom is 0.416 e. The van der Waals surface area contributed by atoms with Crippen molar-refractivity contribution in [3.63, 3.8) is 0 Å². The number of hydrogen-bond acceptors (Lipinski definition) is 6. The first-order valence-corrected chi connectivity index (χ1v) is 11.6. The number of nitrogens with zero attached hydrogens (tertiary/aromatic N) is 1. The Hall–Kier alpha value is -3.26. The molecule has 0 bridgehead atoms. The molecule has 1 aliphatic heterocycles. The Morgan fingerprint density at radius 2 is 1.86 bits per heavy atom. The number of amides is 1. The zero-order chi connectivity index (χ0) is 27.4. The van der Waals surface area contributed by atoms with E-state index in [1.807, 2.05) is 6.92 Å². The minimum Gasteiger partial charge on any atom is -0.493 e. The van der Waals surface area contributed by atoms with Crippen LogP contribution in [0.5, 0.6) is 11.5 Å². The predicted octanol–water partition coefficient (Wildman–Crippen LogP) is 2.81. The molecule has 2 aromatic rings. The number of halogens is 3. The molecule has 10 heteroatoms. The van der Waals surface area contributed by atoms with Gasteiger partial charge >= 0.3 is 6.18 Å². The smallest absolute Gasteiger partial charge is 0.416 e. The van der Waals surface area contributed by atoms with Gasteiger partial charge in [-0.25, -0.2) is 0 Å². The van der Waals surface area contributed by atoms with E-state index >= 15 is 0 Å². The second-order valence-corrected chi connectivity index (χ2v) is 9.23. The first kappa shape index (κ1) is 28.3. The van der Waals surface area contributed by atoms with E-state index in [9.17, 15) is 28.2 Å². The molecule has 0 aromatic heterocycles. The van der Waals surface area contributed by atoms with Crippen molar-refractivity contribution in [1.29, 1.82) is 0 Å². The second kappa shape index (κ2) is 11.4. The first-order chi connectivity index (χ1) is 17.4. The van der Waals surface area contributed by atoms with Crippen LogP contribution in [0.1, 0.15) is 36.5 Å². The van der Waals surface area contributed by atoms with Crippen LogP contribution in [0.2, 0.25) is 0 Å². The van der Waals surface area contributed by atoms with Crippen LogP contribution in [0.25, 0.3) is 0 Å². The number of hydrogen-bond donors (Lipinski definition) is 3. The van der Waals surface area contributed by atoms with Gasteiger partial charge in [-0.15, -0.1) is 0 Å². The number of alkyl halides is 3. The largest absolute Gasteiger partial charge is 0.493 e. The van der Waals surface area contributed by atoms with Gasteiger partial charge in [0.1, 0.15) is 6.61 Å². The van der Waals surface area contributed by atoms with Crippen LogP contribution in [0.4, 0.5) is 13.2 Å². The van der Waals surface area contributed by atoms with E-state index in [2.05, 4.69) is 11.8 Å². The van der Waals surface area contributed by atoms with Gasteiger partial charge in [-0.1, -0.05) is 24.8 Å². The highest BCUT2D eigenvalue weighted by Crippen LogP contribution is 2.47. The molecule has 0 aliphatic carbocycles. The summed E-state index contributed by atoms with van der Waals surface area (Å²) in [5, 5.41) is 29.5. The quantitative estimate of drug-likeness (QED) is 0.485. The fraction of sp³-hybridized carbons (Fsp3) is 0.444. The van der Waals surface area contributed by atoms with E-state index in [1.54, 1.807) is 25.1 Å². The third kappa shape index (κ3) is 6.36.